The van der Waals surface area contributed by atoms with Crippen molar-refractivity contribution in [2.75, 3.05) is 24.7 Å². The molecule has 1 aliphatic rings. The van der Waals surface area contributed by atoms with Gasteiger partial charge in [0, 0.05) is 32.1 Å². The molecule has 0 saturated carbocycles. The van der Waals surface area contributed by atoms with Crippen LogP contribution in [-0.4, -0.2) is 54.1 Å². The molecule has 1 aromatic carbocycles. The van der Waals surface area contributed by atoms with Crippen molar-refractivity contribution < 1.29 is 17.6 Å². The molecule has 10 heteroatoms. The molecule has 0 bridgehead atoms. The van der Waals surface area contributed by atoms with E-state index in [1.807, 2.05) is 0 Å². The molecule has 0 radical (unpaired) electrons. The number of aromatic nitrogens is 2. The first-order chi connectivity index (χ1) is 12.2. The molecule has 3 rings (SSSR count). The molecular formula is C16H17FN4O4S. The van der Waals surface area contributed by atoms with Crippen LogP contribution in [0.3, 0.4) is 0 Å². The second-order valence-electron chi connectivity index (χ2n) is 5.99. The average Bonchev–Trinajstić information content (AvgIpc) is 2.95. The van der Waals surface area contributed by atoms with E-state index in [0.717, 1.165) is 22.8 Å². The monoisotopic (exact) mass is 380 g/mol. The van der Waals surface area contributed by atoms with Gasteiger partial charge in [0.15, 0.2) is 0 Å². The number of nitrogens with zero attached hydrogens (tertiary/aromatic N) is 4. The number of hydrogen-bond donors (Lipinski definition) is 0. The van der Waals surface area contributed by atoms with Gasteiger partial charge in [-0.1, -0.05) is 0 Å². The molecule has 26 heavy (non-hydrogen) atoms. The zero-order chi connectivity index (χ0) is 19.1. The van der Waals surface area contributed by atoms with Crippen LogP contribution in [0.2, 0.25) is 0 Å². The normalized spacial score (nSPS) is 17.9. The third-order valence-corrected chi connectivity index (χ3v) is 5.66. The minimum absolute atomic E-state index is 0.0465. The standard InChI is InChI=1S/C16H17FN4O4S/c1-19(26(2,24)25)14-5-7-21(16(14)23)13-4-3-11(9-12(13)17)20-8-6-18-10-15(20)22/h3-4,6,8-10,14H,5,7H2,1-2H3. The first-order valence-electron chi connectivity index (χ1n) is 7.77. The zero-order valence-electron chi connectivity index (χ0n) is 14.2. The van der Waals surface area contributed by atoms with Crippen molar-refractivity contribution in [3.8, 4) is 5.69 Å². The Morgan fingerprint density at radius 2 is 2.04 bits per heavy atom. The van der Waals surface area contributed by atoms with E-state index in [9.17, 15) is 22.4 Å². The summed E-state index contributed by atoms with van der Waals surface area (Å²) < 4.78 is 40.1. The van der Waals surface area contributed by atoms with Gasteiger partial charge in [-0.3, -0.25) is 19.1 Å². The summed E-state index contributed by atoms with van der Waals surface area (Å²) >= 11 is 0. The summed E-state index contributed by atoms with van der Waals surface area (Å²) in [5.41, 5.74) is -0.0629. The molecular weight excluding hydrogens is 363 g/mol. The summed E-state index contributed by atoms with van der Waals surface area (Å²) in [6, 6.07) is 3.21. The van der Waals surface area contributed by atoms with Crippen LogP contribution >= 0.6 is 0 Å². The number of carbonyl (C=O) groups is 1. The van der Waals surface area contributed by atoms with Crippen molar-refractivity contribution in [1.29, 1.82) is 0 Å². The summed E-state index contributed by atoms with van der Waals surface area (Å²) in [4.78, 5) is 29.2. The first kappa shape index (κ1) is 18.2. The van der Waals surface area contributed by atoms with Gasteiger partial charge in [-0.2, -0.15) is 4.31 Å². The Bertz CT molecular complexity index is 1020. The molecule has 0 N–H and O–H groups in total. The van der Waals surface area contributed by atoms with E-state index in [4.69, 9.17) is 0 Å². The van der Waals surface area contributed by atoms with E-state index in [2.05, 4.69) is 4.98 Å². The quantitative estimate of drug-likeness (QED) is 0.764. The van der Waals surface area contributed by atoms with Crippen LogP contribution in [0.4, 0.5) is 10.1 Å². The Labute approximate surface area is 149 Å². The van der Waals surface area contributed by atoms with E-state index in [0.29, 0.717) is 5.69 Å². The summed E-state index contributed by atoms with van der Waals surface area (Å²) in [5, 5.41) is 0. The van der Waals surface area contributed by atoms with Gasteiger partial charge in [0.25, 0.3) is 5.56 Å². The van der Waals surface area contributed by atoms with Crippen molar-refractivity contribution in [2.45, 2.75) is 12.5 Å². The maximum atomic E-state index is 14.6. The van der Waals surface area contributed by atoms with Gasteiger partial charge in [0.1, 0.15) is 11.9 Å². The lowest BCUT2D eigenvalue weighted by molar-refractivity contribution is -0.120. The molecule has 0 aliphatic carbocycles. The molecule has 8 nitrogen and oxygen atoms in total. The van der Waals surface area contributed by atoms with E-state index in [-0.39, 0.29) is 18.7 Å². The van der Waals surface area contributed by atoms with Gasteiger partial charge >= 0.3 is 0 Å². The molecule has 1 unspecified atom stereocenters. The average molecular weight is 380 g/mol. The smallest absolute Gasteiger partial charge is 0.273 e. The number of benzene rings is 1. The number of anilines is 1. The molecule has 0 spiro atoms. The summed E-state index contributed by atoms with van der Waals surface area (Å²) in [6.07, 6.45) is 5.22. The van der Waals surface area contributed by atoms with Crippen LogP contribution in [0.15, 0.2) is 41.6 Å². The number of carbonyl (C=O) groups excluding carboxylic acids is 1. The van der Waals surface area contributed by atoms with E-state index in [1.165, 1.54) is 41.0 Å². The fourth-order valence-electron chi connectivity index (χ4n) is 2.90. The van der Waals surface area contributed by atoms with Crippen LogP contribution in [-0.2, 0) is 14.8 Å². The molecule has 1 aliphatic heterocycles. The highest BCUT2D eigenvalue weighted by Gasteiger charge is 2.39. The third kappa shape index (κ3) is 3.25. The predicted octanol–water partition coefficient (Wildman–Crippen LogP) is 0.368. The summed E-state index contributed by atoms with van der Waals surface area (Å²) in [6.45, 7) is 0.203. The Kier molecular flexibility index (Phi) is 4.63. The van der Waals surface area contributed by atoms with Gasteiger partial charge in [-0.25, -0.2) is 12.8 Å². The highest BCUT2D eigenvalue weighted by atomic mass is 32.2. The van der Waals surface area contributed by atoms with Crippen LogP contribution in [0.25, 0.3) is 5.69 Å². The number of rotatable bonds is 4. The largest absolute Gasteiger partial charge is 0.308 e. The Morgan fingerprint density at radius 3 is 2.65 bits per heavy atom. The number of halogens is 1. The predicted molar refractivity (Wildman–Crippen MR) is 93.2 cm³/mol. The Balaban J connectivity index is 1.91. The molecule has 1 aromatic heterocycles. The lowest BCUT2D eigenvalue weighted by Gasteiger charge is -2.22. The molecule has 1 saturated heterocycles. The van der Waals surface area contributed by atoms with Gasteiger partial charge in [-0.15, -0.1) is 0 Å². The summed E-state index contributed by atoms with van der Waals surface area (Å²) in [7, 11) is -2.20. The van der Waals surface area contributed by atoms with Gasteiger partial charge in [-0.05, 0) is 18.6 Å². The Morgan fingerprint density at radius 1 is 1.31 bits per heavy atom. The summed E-state index contributed by atoms with van der Waals surface area (Å²) in [5.74, 6) is -1.16. The molecule has 1 atom stereocenters. The number of amides is 1. The van der Waals surface area contributed by atoms with Crippen LogP contribution in [0.5, 0.6) is 0 Å². The number of hydrogen-bond acceptors (Lipinski definition) is 5. The second kappa shape index (κ2) is 6.61. The minimum Gasteiger partial charge on any atom is -0.308 e. The molecule has 138 valence electrons. The van der Waals surface area contributed by atoms with Crippen molar-refractivity contribution in [2.24, 2.45) is 0 Å². The second-order valence-corrected chi connectivity index (χ2v) is 8.04. The van der Waals surface area contributed by atoms with Crippen LogP contribution in [0, 0.1) is 5.82 Å². The van der Waals surface area contributed by atoms with Gasteiger partial charge < -0.3 is 4.90 Å². The first-order valence-corrected chi connectivity index (χ1v) is 9.62. The van der Waals surface area contributed by atoms with Gasteiger partial charge in [0.2, 0.25) is 15.9 Å². The van der Waals surface area contributed by atoms with Crippen molar-refractivity contribution in [1.82, 2.24) is 13.9 Å². The molecule has 2 heterocycles. The highest BCUT2D eigenvalue weighted by molar-refractivity contribution is 7.88. The van der Waals surface area contributed by atoms with E-state index in [1.54, 1.807) is 0 Å². The molecule has 2 aromatic rings. The molecule has 1 fully saturated rings. The number of likely N-dealkylation sites (N-methyl/N-ethyl adjacent to an activating group) is 1. The SMILES string of the molecule is CN(C1CCN(c2ccc(-n3ccncc3=O)cc2F)C1=O)S(C)(=O)=O. The number of sulfonamides is 1. The fourth-order valence-corrected chi connectivity index (χ4v) is 3.56. The maximum Gasteiger partial charge on any atom is 0.273 e. The maximum absolute atomic E-state index is 14.6. The van der Waals surface area contributed by atoms with Crippen molar-refractivity contribution in [3.05, 3.63) is 53.0 Å². The van der Waals surface area contributed by atoms with Crippen LogP contribution in [0.1, 0.15) is 6.42 Å². The van der Waals surface area contributed by atoms with E-state index < -0.39 is 33.3 Å². The zero-order valence-corrected chi connectivity index (χ0v) is 15.0. The van der Waals surface area contributed by atoms with E-state index >= 15 is 0 Å². The fraction of sp³-hybridized carbons (Fsp3) is 0.312. The highest BCUT2D eigenvalue weighted by Crippen LogP contribution is 2.28. The lowest BCUT2D eigenvalue weighted by atomic mass is 10.2. The van der Waals surface area contributed by atoms with Crippen molar-refractivity contribution in [3.63, 3.8) is 0 Å². The minimum atomic E-state index is -3.53. The Hall–Kier alpha value is -2.59. The van der Waals surface area contributed by atoms with Crippen LogP contribution < -0.4 is 10.5 Å². The third-order valence-electron chi connectivity index (χ3n) is 4.36. The molecule has 1 amide bonds. The lowest BCUT2D eigenvalue weighted by Crippen LogP contribution is -2.42. The van der Waals surface area contributed by atoms with Gasteiger partial charge in [0.05, 0.1) is 23.8 Å². The topological polar surface area (TPSA) is 92.6 Å². The van der Waals surface area contributed by atoms with Crippen molar-refractivity contribution >= 4 is 21.6 Å².